The van der Waals surface area contributed by atoms with Gasteiger partial charge in [0.25, 0.3) is 0 Å². The van der Waals surface area contributed by atoms with E-state index in [2.05, 4.69) is 38.3 Å². The Morgan fingerprint density at radius 2 is 0.750 bits per heavy atom. The number of rotatable bonds is 8. The fourth-order valence-corrected chi connectivity index (χ4v) is 0.856. The summed E-state index contributed by atoms with van der Waals surface area (Å²) in [4.78, 5) is 0. The number of hydrogen-bond acceptors (Lipinski definition) is 0. The Hall–Kier alpha value is 2.00. The molecule has 0 saturated heterocycles. The molecule has 0 saturated carbocycles. The van der Waals surface area contributed by atoms with E-state index in [4.69, 9.17) is 0 Å². The van der Waals surface area contributed by atoms with Crippen LogP contribution in [0, 0.1) is 40.8 Å². The SMILES string of the molecule is CCC[N-]CCC.CCC[N-]CCC.I.[Nd]. The third kappa shape index (κ3) is 36.0. The van der Waals surface area contributed by atoms with Crippen LogP contribution in [0.2, 0.25) is 0 Å². The standard InChI is InChI=1S/2C6H14N.HI.Nd/c2*1-3-5-7-6-4-2;;/h2*3-6H2,1-2H3;1H;/q2*-1;;. The van der Waals surface area contributed by atoms with E-state index < -0.39 is 0 Å². The molecule has 0 amide bonds. The van der Waals surface area contributed by atoms with Crippen LogP contribution < -0.4 is 0 Å². The first-order valence-corrected chi connectivity index (χ1v) is 6.09. The van der Waals surface area contributed by atoms with E-state index in [9.17, 15) is 0 Å². The molecule has 0 unspecified atom stereocenters. The van der Waals surface area contributed by atoms with Crippen LogP contribution in [0.25, 0.3) is 10.6 Å². The topological polar surface area (TPSA) is 28.2 Å². The predicted molar refractivity (Wildman–Crippen MR) is 82.8 cm³/mol. The van der Waals surface area contributed by atoms with Crippen molar-refractivity contribution < 1.29 is 40.8 Å². The average Bonchev–Trinajstić information content (AvgIpc) is 2.21. The largest absolute Gasteiger partial charge is 0.662 e. The summed E-state index contributed by atoms with van der Waals surface area (Å²) in [5, 5.41) is 8.42. The normalized spacial score (nSPS) is 8.25. The molecule has 0 aliphatic heterocycles. The maximum atomic E-state index is 4.21. The summed E-state index contributed by atoms with van der Waals surface area (Å²) in [6, 6.07) is 0. The van der Waals surface area contributed by atoms with Gasteiger partial charge in [-0.1, -0.05) is 53.4 Å². The summed E-state index contributed by atoms with van der Waals surface area (Å²) >= 11 is 0. The molecule has 0 aromatic heterocycles. The van der Waals surface area contributed by atoms with E-state index in [1.807, 2.05) is 0 Å². The minimum Gasteiger partial charge on any atom is -0.662 e. The summed E-state index contributed by atoms with van der Waals surface area (Å²) in [5.74, 6) is 0. The first-order valence-electron chi connectivity index (χ1n) is 6.09. The van der Waals surface area contributed by atoms with Crippen LogP contribution in [0.1, 0.15) is 53.4 Å². The van der Waals surface area contributed by atoms with Gasteiger partial charge in [-0.15, -0.1) is 50.2 Å². The third-order valence-corrected chi connectivity index (χ3v) is 1.53. The Bertz CT molecular complexity index is 67.4. The molecule has 0 bridgehead atoms. The molecule has 0 aliphatic rings. The van der Waals surface area contributed by atoms with Crippen LogP contribution in [0.3, 0.4) is 0 Å². The average molecular weight is 473 g/mol. The third-order valence-electron chi connectivity index (χ3n) is 1.53. The number of hydrogen-bond donors (Lipinski definition) is 0. The van der Waals surface area contributed by atoms with Crippen molar-refractivity contribution in [1.29, 1.82) is 0 Å². The van der Waals surface area contributed by atoms with Crippen molar-refractivity contribution in [3.63, 3.8) is 0 Å². The van der Waals surface area contributed by atoms with Gasteiger partial charge in [0.05, 0.1) is 0 Å². The first-order chi connectivity index (χ1) is 6.83. The van der Waals surface area contributed by atoms with Gasteiger partial charge in [0.1, 0.15) is 0 Å². The molecule has 0 heterocycles. The van der Waals surface area contributed by atoms with Crippen LogP contribution in [-0.2, 0) is 0 Å². The molecule has 0 radical (unpaired) electrons. The van der Waals surface area contributed by atoms with E-state index in [-0.39, 0.29) is 64.8 Å². The van der Waals surface area contributed by atoms with E-state index >= 15 is 0 Å². The molecule has 0 spiro atoms. The quantitative estimate of drug-likeness (QED) is 0.352. The Morgan fingerprint density at radius 3 is 0.875 bits per heavy atom. The summed E-state index contributed by atoms with van der Waals surface area (Å²) in [6.07, 6.45) is 4.78. The monoisotopic (exact) mass is 470 g/mol. The molecule has 0 aliphatic carbocycles. The summed E-state index contributed by atoms with van der Waals surface area (Å²) in [7, 11) is 0. The Kier molecular flexibility index (Phi) is 50.1. The van der Waals surface area contributed by atoms with Gasteiger partial charge in [-0.2, -0.15) is 0 Å². The molecule has 0 fully saturated rings. The number of nitrogens with zero attached hydrogens (tertiary/aromatic N) is 2. The second-order valence-corrected chi connectivity index (χ2v) is 3.34. The van der Waals surface area contributed by atoms with Gasteiger partial charge in [0, 0.05) is 40.8 Å². The second kappa shape index (κ2) is 30.2. The number of halogens is 1. The molecule has 0 rings (SSSR count). The second-order valence-electron chi connectivity index (χ2n) is 3.34. The summed E-state index contributed by atoms with van der Waals surface area (Å²) in [6.45, 7) is 12.8. The molecule has 4 heteroatoms. The van der Waals surface area contributed by atoms with Gasteiger partial charge in [-0.05, 0) is 0 Å². The van der Waals surface area contributed by atoms with Gasteiger partial charge >= 0.3 is 0 Å². The van der Waals surface area contributed by atoms with Crippen LogP contribution in [0.5, 0.6) is 0 Å². The zero-order valence-corrected chi connectivity index (χ0v) is 17.0. The zero-order valence-electron chi connectivity index (χ0n) is 11.5. The molecule has 0 N–H and O–H groups in total. The minimum absolute atomic E-state index is 0. The molecule has 0 aromatic carbocycles. The first kappa shape index (κ1) is 26.5. The molecule has 100 valence electrons. The summed E-state index contributed by atoms with van der Waals surface area (Å²) < 4.78 is 0. The van der Waals surface area contributed by atoms with Crippen molar-refractivity contribution in [3.05, 3.63) is 10.6 Å². The Balaban J connectivity index is -0.0000000800. The van der Waals surface area contributed by atoms with Gasteiger partial charge in [0.15, 0.2) is 0 Å². The summed E-state index contributed by atoms with van der Waals surface area (Å²) in [5.41, 5.74) is 0. The molecule has 2 nitrogen and oxygen atoms in total. The van der Waals surface area contributed by atoms with Crippen LogP contribution in [-0.4, -0.2) is 26.2 Å². The van der Waals surface area contributed by atoms with Crippen molar-refractivity contribution in [2.24, 2.45) is 0 Å². The smallest absolute Gasteiger partial charge is 0 e. The van der Waals surface area contributed by atoms with Crippen molar-refractivity contribution >= 4 is 24.0 Å². The van der Waals surface area contributed by atoms with Crippen LogP contribution >= 0.6 is 24.0 Å². The Morgan fingerprint density at radius 1 is 0.562 bits per heavy atom. The fourth-order valence-electron chi connectivity index (χ4n) is 0.856. The minimum atomic E-state index is 0. The van der Waals surface area contributed by atoms with Crippen molar-refractivity contribution in [2.45, 2.75) is 53.4 Å². The molecular formula is C12H29IN2Nd-2. The maximum absolute atomic E-state index is 4.21. The molecule has 0 atom stereocenters. The van der Waals surface area contributed by atoms with Crippen LogP contribution in [0.4, 0.5) is 0 Å². The van der Waals surface area contributed by atoms with E-state index in [1.54, 1.807) is 0 Å². The molecule has 0 aromatic rings. The zero-order chi connectivity index (χ0) is 11.1. The maximum Gasteiger partial charge on any atom is 0 e. The van der Waals surface area contributed by atoms with Gasteiger partial charge in [0.2, 0.25) is 0 Å². The fraction of sp³-hybridized carbons (Fsp3) is 1.00. The van der Waals surface area contributed by atoms with Gasteiger partial charge in [-0.25, -0.2) is 0 Å². The predicted octanol–water partition coefficient (Wildman–Crippen LogP) is 4.98. The molecule has 16 heavy (non-hydrogen) atoms. The Labute approximate surface area is 153 Å². The van der Waals surface area contributed by atoms with E-state index in [1.165, 1.54) is 25.7 Å². The molecular weight excluding hydrogens is 443 g/mol. The van der Waals surface area contributed by atoms with Crippen molar-refractivity contribution in [1.82, 2.24) is 0 Å². The van der Waals surface area contributed by atoms with Crippen molar-refractivity contribution in [3.8, 4) is 0 Å². The van der Waals surface area contributed by atoms with Crippen LogP contribution in [0.15, 0.2) is 0 Å². The van der Waals surface area contributed by atoms with E-state index in [0.29, 0.717) is 0 Å². The van der Waals surface area contributed by atoms with Crippen molar-refractivity contribution in [2.75, 3.05) is 26.2 Å². The van der Waals surface area contributed by atoms with Gasteiger partial charge < -0.3 is 10.6 Å². The van der Waals surface area contributed by atoms with Gasteiger partial charge in [-0.3, -0.25) is 0 Å². The van der Waals surface area contributed by atoms with E-state index in [0.717, 1.165) is 26.2 Å².